The minimum atomic E-state index is -0.606. The van der Waals surface area contributed by atoms with Gasteiger partial charge < -0.3 is 14.9 Å². The number of nitrogens with zero attached hydrogens (tertiary/aromatic N) is 1. The van der Waals surface area contributed by atoms with Crippen molar-refractivity contribution < 1.29 is 0 Å². The van der Waals surface area contributed by atoms with E-state index >= 15 is 0 Å². The summed E-state index contributed by atoms with van der Waals surface area (Å²) in [5, 5.41) is 8.81. The number of benzene rings is 10. The Hall–Kier alpha value is -10.4. The molecule has 0 aliphatic heterocycles. The topological polar surface area (TPSA) is 32.8 Å². The minimum Gasteiger partial charge on any atom is -0.362 e. The maximum Gasteiger partial charge on any atom is 0.0805 e. The third kappa shape index (κ3) is 6.48. The van der Waals surface area contributed by atoms with Gasteiger partial charge in [-0.3, -0.25) is 0 Å². The summed E-state index contributed by atoms with van der Waals surface area (Å²) in [6, 6.07) is 94.7. The average molecular weight is 1070 g/mol. The third-order valence-corrected chi connectivity index (χ3v) is 19.6. The number of allylic oxidation sites excluding steroid dienone is 6. The Morgan fingerprint density at radius 1 is 0.512 bits per heavy atom. The van der Waals surface area contributed by atoms with Gasteiger partial charge in [0.1, 0.15) is 0 Å². The third-order valence-electron chi connectivity index (χ3n) is 19.6. The molecule has 0 saturated heterocycles. The van der Waals surface area contributed by atoms with E-state index in [1.54, 1.807) is 0 Å². The largest absolute Gasteiger partial charge is 0.362 e. The zero-order valence-corrected chi connectivity index (χ0v) is 46.3. The number of H-pyrrole nitrogens is 1. The fraction of sp³-hybridized carbons (Fsp3) is 0.0864. The van der Waals surface area contributed by atoms with Crippen LogP contribution in [0.15, 0.2) is 273 Å². The second-order valence-corrected chi connectivity index (χ2v) is 23.8. The van der Waals surface area contributed by atoms with Crippen LogP contribution in [0, 0.1) is 24.0 Å². The van der Waals surface area contributed by atoms with Gasteiger partial charge in [-0.25, -0.2) is 0 Å². The molecule has 19 rings (SSSR count). The molecule has 2 atom stereocenters. The normalized spacial score (nSPS) is 17.6. The molecule has 13 aromatic rings. The molecular weight excluding hydrogens is 1010 g/mol. The molecule has 394 valence electrons. The van der Waals surface area contributed by atoms with Gasteiger partial charge >= 0.3 is 0 Å². The lowest BCUT2D eigenvalue weighted by atomic mass is 9.66. The molecule has 2 unspecified atom stereocenters. The van der Waals surface area contributed by atoms with Gasteiger partial charge in [-0.15, -0.1) is 0 Å². The fourth-order valence-electron chi connectivity index (χ4n) is 15.8. The van der Waals surface area contributed by atoms with Crippen LogP contribution in [0.4, 0.5) is 5.69 Å². The average Bonchev–Trinajstić information content (AvgIpc) is 1.75. The molecule has 2 N–H and O–H groups in total. The first-order valence-electron chi connectivity index (χ1n) is 29.7. The van der Waals surface area contributed by atoms with Crippen molar-refractivity contribution in [2.75, 3.05) is 5.32 Å². The van der Waals surface area contributed by atoms with Crippen molar-refractivity contribution in [3.8, 4) is 39.1 Å². The van der Waals surface area contributed by atoms with E-state index in [-0.39, 0.29) is 5.92 Å². The number of anilines is 1. The standard InChI is InChI=1S/C69H46N2.C12H9N/c1-42(45-29-33-53-54-34-30-46(70-37-36-43-26-27-43)40-64(54)68(63(53)39-45)58-20-8-2-14-48(58)49-15-3-9-21-59(49)68)44-28-32-52-50-16-4-10-22-60(50)69(62(52)38-44)61-23-11-5-17-51(61)55-35-31-47(41-65(55)69)71-66-24-12-6-18-56(66)57-19-7-13-25-67(57)71;1-3-7-11-9(5-1)10-6-2-4-8-12(10)13-11/h2-10,12-22,24-25,28-38,40-41,43,45,70H,1,26-27,39H2;1-8,13H/b37-36-;. The van der Waals surface area contributed by atoms with Gasteiger partial charge in [0.2, 0.25) is 0 Å². The van der Waals surface area contributed by atoms with E-state index < -0.39 is 10.8 Å². The van der Waals surface area contributed by atoms with E-state index in [2.05, 4.69) is 282 Å². The van der Waals surface area contributed by atoms with Gasteiger partial charge in [0.05, 0.1) is 21.9 Å². The van der Waals surface area contributed by atoms with Gasteiger partial charge in [0, 0.05) is 55.4 Å². The van der Waals surface area contributed by atoms with E-state index in [0.717, 1.165) is 28.9 Å². The summed E-state index contributed by atoms with van der Waals surface area (Å²) in [5.74, 6) is 0.793. The molecule has 0 bridgehead atoms. The summed E-state index contributed by atoms with van der Waals surface area (Å²) < 4.78 is 2.45. The molecule has 2 heterocycles. The lowest BCUT2D eigenvalue weighted by Crippen LogP contribution is -2.29. The van der Waals surface area contributed by atoms with Crippen LogP contribution in [0.2, 0.25) is 0 Å². The number of hydrogen-bond donors (Lipinski definition) is 2. The van der Waals surface area contributed by atoms with Crippen LogP contribution < -0.4 is 5.32 Å². The molecule has 6 aliphatic rings. The van der Waals surface area contributed by atoms with Gasteiger partial charge in [0.15, 0.2) is 0 Å². The van der Waals surface area contributed by atoms with Crippen LogP contribution in [0.25, 0.3) is 93.8 Å². The number of aromatic nitrogens is 2. The number of nitrogens with one attached hydrogen (secondary N) is 2. The molecule has 84 heavy (non-hydrogen) atoms. The molecule has 6 aliphatic carbocycles. The summed E-state index contributed by atoms with van der Waals surface area (Å²) in [7, 11) is 0. The number of rotatable bonds is 6. The maximum absolute atomic E-state index is 5.06. The summed E-state index contributed by atoms with van der Waals surface area (Å²) in [5.41, 5.74) is 29.4. The van der Waals surface area contributed by atoms with Crippen LogP contribution in [0.5, 0.6) is 0 Å². The van der Waals surface area contributed by atoms with Crippen LogP contribution in [-0.4, -0.2) is 9.55 Å². The second kappa shape index (κ2) is 17.8. The number of hydrogen-bond acceptors (Lipinski definition) is 1. The molecule has 3 heteroatoms. The molecular formula is C81H55N3. The van der Waals surface area contributed by atoms with E-state index in [9.17, 15) is 0 Å². The highest BCUT2D eigenvalue weighted by Crippen LogP contribution is 2.66. The second-order valence-electron chi connectivity index (χ2n) is 23.8. The van der Waals surface area contributed by atoms with Crippen LogP contribution in [0.1, 0.15) is 69.3 Å². The van der Waals surface area contributed by atoms with Gasteiger partial charge in [-0.1, -0.05) is 207 Å². The highest BCUT2D eigenvalue weighted by atomic mass is 15.0. The highest BCUT2D eigenvalue weighted by Gasteiger charge is 2.55. The first-order valence-corrected chi connectivity index (χ1v) is 29.7. The molecule has 1 saturated carbocycles. The lowest BCUT2D eigenvalue weighted by Gasteiger charge is -2.35. The minimum absolute atomic E-state index is 0.0849. The highest BCUT2D eigenvalue weighted by molar-refractivity contribution is 6.10. The van der Waals surface area contributed by atoms with Gasteiger partial charge in [-0.2, -0.15) is 0 Å². The molecule has 1 fully saturated rings. The van der Waals surface area contributed by atoms with Crippen molar-refractivity contribution in [1.29, 1.82) is 0 Å². The Morgan fingerprint density at radius 2 is 1.06 bits per heavy atom. The van der Waals surface area contributed by atoms with E-state index in [1.165, 1.54) is 145 Å². The molecule has 2 spiro atoms. The summed E-state index contributed by atoms with van der Waals surface area (Å²) in [6.45, 7) is 5.06. The zero-order chi connectivity index (χ0) is 55.3. The Kier molecular flexibility index (Phi) is 10.0. The predicted molar refractivity (Wildman–Crippen MR) is 347 cm³/mol. The van der Waals surface area contributed by atoms with Crippen molar-refractivity contribution in [2.45, 2.75) is 30.1 Å². The van der Waals surface area contributed by atoms with Crippen molar-refractivity contribution in [1.82, 2.24) is 9.55 Å². The smallest absolute Gasteiger partial charge is 0.0805 e. The molecule has 2 aromatic heterocycles. The number of para-hydroxylation sites is 4. The van der Waals surface area contributed by atoms with Crippen molar-refractivity contribution in [3.63, 3.8) is 0 Å². The maximum atomic E-state index is 5.06. The SMILES string of the molecule is C=C(c1ccc2c(c1)C1(c3c#cccc3-c3ccc(-n4c5ccccc5c5ccccc54)cc31)c1ccccc1-2)C1C=CC2=C(C1)C1(c3cc(N/C=C\C4CC4)ccc32)c2ccccc2-c2ccccc21.c1ccc2c(c1)[nH]c1ccccc12. The van der Waals surface area contributed by atoms with Crippen molar-refractivity contribution in [2.24, 2.45) is 11.8 Å². The summed E-state index contributed by atoms with van der Waals surface area (Å²) >= 11 is 0. The number of fused-ring (bicyclic) bond motifs is 25. The van der Waals surface area contributed by atoms with Crippen LogP contribution >= 0.6 is 0 Å². The van der Waals surface area contributed by atoms with Crippen LogP contribution in [0.3, 0.4) is 0 Å². The predicted octanol–water partition coefficient (Wildman–Crippen LogP) is 19.8. The van der Waals surface area contributed by atoms with Crippen LogP contribution in [-0.2, 0) is 10.8 Å². The van der Waals surface area contributed by atoms with Gasteiger partial charge in [0.25, 0.3) is 0 Å². The molecule has 0 radical (unpaired) electrons. The monoisotopic (exact) mass is 1070 g/mol. The quantitative estimate of drug-likeness (QED) is 0.171. The molecule has 3 nitrogen and oxygen atoms in total. The van der Waals surface area contributed by atoms with Gasteiger partial charge in [-0.05, 0) is 193 Å². The zero-order valence-electron chi connectivity index (χ0n) is 46.3. The van der Waals surface area contributed by atoms with E-state index in [4.69, 9.17) is 6.58 Å². The molecule has 11 aromatic carbocycles. The van der Waals surface area contributed by atoms with Crippen molar-refractivity contribution >= 4 is 60.4 Å². The van der Waals surface area contributed by atoms with Crippen molar-refractivity contribution in [3.05, 3.63) is 335 Å². The first-order chi connectivity index (χ1) is 41.6. The summed E-state index contributed by atoms with van der Waals surface area (Å²) in [6.07, 6.45) is 12.8. The Morgan fingerprint density at radius 3 is 1.74 bits per heavy atom. The Labute approximate surface area is 488 Å². The van der Waals surface area contributed by atoms with E-state index in [0.29, 0.717) is 5.92 Å². The molecule has 0 amide bonds. The Balaban J connectivity index is 0.000000363. The number of aromatic amines is 1. The lowest BCUT2D eigenvalue weighted by molar-refractivity contribution is 0.673. The fourth-order valence-corrected chi connectivity index (χ4v) is 15.8. The first kappa shape index (κ1) is 47.3. The van der Waals surface area contributed by atoms with E-state index in [1.807, 2.05) is 6.07 Å². The Bertz CT molecular complexity index is 4920. The summed E-state index contributed by atoms with van der Waals surface area (Å²) in [4.78, 5) is 3.38.